The second kappa shape index (κ2) is 5.98. The van der Waals surface area contributed by atoms with E-state index in [2.05, 4.69) is 6.92 Å². The summed E-state index contributed by atoms with van der Waals surface area (Å²) in [6.45, 7) is 4.53. The number of nitrogens with two attached hydrogens (primary N) is 1. The Kier molecular flexibility index (Phi) is 4.33. The van der Waals surface area contributed by atoms with E-state index in [0.29, 0.717) is 26.3 Å². The van der Waals surface area contributed by atoms with E-state index < -0.39 is 0 Å². The van der Waals surface area contributed by atoms with Crippen LogP contribution in [0.15, 0.2) is 24.3 Å². The number of hydrogen-bond donors (Lipinski definition) is 1. The number of benzene rings is 1. The van der Waals surface area contributed by atoms with Gasteiger partial charge in [0.1, 0.15) is 0 Å². The quantitative estimate of drug-likeness (QED) is 0.879. The van der Waals surface area contributed by atoms with Gasteiger partial charge in [-0.15, -0.1) is 0 Å². The molecule has 4 heteroatoms. The molecule has 2 N–H and O–H groups in total. The molecule has 1 aromatic rings. The van der Waals surface area contributed by atoms with Crippen LogP contribution in [0.1, 0.15) is 29.3 Å². The number of carbonyl (C=O) groups is 1. The highest BCUT2D eigenvalue weighted by Gasteiger charge is 2.26. The summed E-state index contributed by atoms with van der Waals surface area (Å²) in [5, 5.41) is 0. The van der Waals surface area contributed by atoms with Crippen LogP contribution < -0.4 is 5.73 Å². The molecule has 98 valence electrons. The molecule has 0 aliphatic carbocycles. The average Bonchev–Trinajstić information content (AvgIpc) is 2.46. The van der Waals surface area contributed by atoms with E-state index in [1.807, 2.05) is 29.2 Å². The predicted molar refractivity (Wildman–Crippen MR) is 70.3 cm³/mol. The molecule has 4 nitrogen and oxygen atoms in total. The summed E-state index contributed by atoms with van der Waals surface area (Å²) in [6, 6.07) is 7.73. The molecule has 1 saturated heterocycles. The summed E-state index contributed by atoms with van der Waals surface area (Å²) < 4.78 is 5.42. The van der Waals surface area contributed by atoms with E-state index in [1.165, 1.54) is 0 Å². The maximum atomic E-state index is 12.4. The Morgan fingerprint density at radius 3 is 2.78 bits per heavy atom. The van der Waals surface area contributed by atoms with Gasteiger partial charge in [-0.05, 0) is 24.1 Å². The summed E-state index contributed by atoms with van der Waals surface area (Å²) in [4.78, 5) is 14.3. The molecule has 1 amide bonds. The first-order valence-corrected chi connectivity index (χ1v) is 6.44. The van der Waals surface area contributed by atoms with E-state index >= 15 is 0 Å². The lowest BCUT2D eigenvalue weighted by Crippen LogP contribution is -2.48. The molecule has 1 aromatic carbocycles. The summed E-state index contributed by atoms with van der Waals surface area (Å²) in [6.07, 6.45) is 0.923. The Morgan fingerprint density at radius 1 is 1.44 bits per heavy atom. The molecule has 1 aliphatic rings. The van der Waals surface area contributed by atoms with Crippen LogP contribution in [0.4, 0.5) is 0 Å². The van der Waals surface area contributed by atoms with Gasteiger partial charge in [-0.2, -0.15) is 0 Å². The number of rotatable bonds is 3. The second-order valence-electron chi connectivity index (χ2n) is 4.54. The van der Waals surface area contributed by atoms with Gasteiger partial charge in [0, 0.05) is 18.7 Å². The predicted octanol–water partition coefficient (Wildman–Crippen LogP) is 1.40. The van der Waals surface area contributed by atoms with E-state index in [-0.39, 0.29) is 11.9 Å². The monoisotopic (exact) mass is 248 g/mol. The highest BCUT2D eigenvalue weighted by atomic mass is 16.5. The molecule has 1 atom stereocenters. The van der Waals surface area contributed by atoms with Crippen molar-refractivity contribution in [3.05, 3.63) is 35.4 Å². The van der Waals surface area contributed by atoms with Crippen LogP contribution in [0.2, 0.25) is 0 Å². The first-order chi connectivity index (χ1) is 8.76. The van der Waals surface area contributed by atoms with Crippen LogP contribution in [0.3, 0.4) is 0 Å². The van der Waals surface area contributed by atoms with Gasteiger partial charge in [-0.3, -0.25) is 4.79 Å². The largest absolute Gasteiger partial charge is 0.377 e. The summed E-state index contributed by atoms with van der Waals surface area (Å²) in [7, 11) is 0. The van der Waals surface area contributed by atoms with Crippen LogP contribution >= 0.6 is 0 Å². The molecular weight excluding hydrogens is 228 g/mol. The maximum absolute atomic E-state index is 12.4. The van der Waals surface area contributed by atoms with Crippen molar-refractivity contribution in [2.75, 3.05) is 19.8 Å². The highest BCUT2D eigenvalue weighted by Crippen LogP contribution is 2.15. The van der Waals surface area contributed by atoms with Gasteiger partial charge in [-0.1, -0.05) is 19.1 Å². The molecule has 18 heavy (non-hydrogen) atoms. The third-order valence-electron chi connectivity index (χ3n) is 3.40. The molecule has 1 heterocycles. The molecule has 1 fully saturated rings. The molecule has 2 rings (SSSR count). The van der Waals surface area contributed by atoms with Crippen LogP contribution in [0.5, 0.6) is 0 Å². The highest BCUT2D eigenvalue weighted by molar-refractivity contribution is 5.94. The number of amides is 1. The maximum Gasteiger partial charge on any atom is 0.254 e. The smallest absolute Gasteiger partial charge is 0.254 e. The number of morpholine rings is 1. The van der Waals surface area contributed by atoms with E-state index in [9.17, 15) is 4.79 Å². The van der Waals surface area contributed by atoms with Crippen molar-refractivity contribution in [2.45, 2.75) is 25.9 Å². The summed E-state index contributed by atoms with van der Waals surface area (Å²) >= 11 is 0. The Balaban J connectivity index is 2.13. The Hall–Kier alpha value is -1.39. The topological polar surface area (TPSA) is 55.6 Å². The summed E-state index contributed by atoms with van der Waals surface area (Å²) in [5.41, 5.74) is 7.32. The van der Waals surface area contributed by atoms with Gasteiger partial charge in [-0.25, -0.2) is 0 Å². The zero-order valence-corrected chi connectivity index (χ0v) is 10.8. The zero-order valence-electron chi connectivity index (χ0n) is 10.8. The molecular formula is C14H20N2O2. The van der Waals surface area contributed by atoms with E-state index in [4.69, 9.17) is 10.5 Å². The van der Waals surface area contributed by atoms with Crippen molar-refractivity contribution in [1.82, 2.24) is 4.90 Å². The fourth-order valence-electron chi connectivity index (χ4n) is 2.21. The molecule has 0 bridgehead atoms. The summed E-state index contributed by atoms with van der Waals surface area (Å²) in [5.74, 6) is 0.0914. The van der Waals surface area contributed by atoms with Gasteiger partial charge < -0.3 is 15.4 Å². The van der Waals surface area contributed by atoms with Crippen LogP contribution in [0, 0.1) is 0 Å². The minimum absolute atomic E-state index is 0.0914. The minimum Gasteiger partial charge on any atom is -0.377 e. The van der Waals surface area contributed by atoms with Crippen molar-refractivity contribution in [3.63, 3.8) is 0 Å². The first-order valence-electron chi connectivity index (χ1n) is 6.44. The lowest BCUT2D eigenvalue weighted by atomic mass is 10.1. The molecule has 0 spiro atoms. The number of nitrogens with zero attached hydrogens (tertiary/aromatic N) is 1. The fraction of sp³-hybridized carbons (Fsp3) is 0.500. The van der Waals surface area contributed by atoms with E-state index in [0.717, 1.165) is 17.5 Å². The van der Waals surface area contributed by atoms with Crippen molar-refractivity contribution in [1.29, 1.82) is 0 Å². The first kappa shape index (κ1) is 13.1. The lowest BCUT2D eigenvalue weighted by Gasteiger charge is -2.35. The molecule has 0 aromatic heterocycles. The van der Waals surface area contributed by atoms with Gasteiger partial charge in [0.15, 0.2) is 0 Å². The molecule has 0 saturated carbocycles. The van der Waals surface area contributed by atoms with Crippen LogP contribution in [-0.2, 0) is 11.3 Å². The SMILES string of the molecule is CC[C@@H]1COCCN1C(=O)c1ccc(CN)cc1. The normalized spacial score (nSPS) is 19.9. The van der Waals surface area contributed by atoms with Crippen molar-refractivity contribution >= 4 is 5.91 Å². The molecule has 0 unspecified atom stereocenters. The van der Waals surface area contributed by atoms with Crippen molar-refractivity contribution < 1.29 is 9.53 Å². The van der Waals surface area contributed by atoms with Crippen molar-refractivity contribution in [3.8, 4) is 0 Å². The van der Waals surface area contributed by atoms with Crippen molar-refractivity contribution in [2.24, 2.45) is 5.73 Å². The van der Waals surface area contributed by atoms with Crippen LogP contribution in [0.25, 0.3) is 0 Å². The number of hydrogen-bond acceptors (Lipinski definition) is 3. The second-order valence-corrected chi connectivity index (χ2v) is 4.54. The average molecular weight is 248 g/mol. The van der Waals surface area contributed by atoms with E-state index in [1.54, 1.807) is 0 Å². The third kappa shape index (κ3) is 2.71. The number of carbonyl (C=O) groups excluding carboxylic acids is 1. The van der Waals surface area contributed by atoms with Gasteiger partial charge >= 0.3 is 0 Å². The third-order valence-corrected chi connectivity index (χ3v) is 3.40. The van der Waals surface area contributed by atoms with Gasteiger partial charge in [0.2, 0.25) is 0 Å². The molecule has 0 radical (unpaired) electrons. The van der Waals surface area contributed by atoms with Gasteiger partial charge in [0.05, 0.1) is 19.3 Å². The Morgan fingerprint density at radius 2 is 2.17 bits per heavy atom. The Labute approximate surface area is 108 Å². The minimum atomic E-state index is 0.0914. The van der Waals surface area contributed by atoms with Gasteiger partial charge in [0.25, 0.3) is 5.91 Å². The Bertz CT molecular complexity index is 403. The fourth-order valence-corrected chi connectivity index (χ4v) is 2.21. The zero-order chi connectivity index (χ0) is 13.0. The molecule has 1 aliphatic heterocycles. The van der Waals surface area contributed by atoms with Crippen LogP contribution in [-0.4, -0.2) is 36.6 Å². The standard InChI is InChI=1S/C14H20N2O2/c1-2-13-10-18-8-7-16(13)14(17)12-5-3-11(9-15)4-6-12/h3-6,13H,2,7-10,15H2,1H3/t13-/m1/s1. The lowest BCUT2D eigenvalue weighted by molar-refractivity contribution is -0.00279. The number of ether oxygens (including phenoxy) is 1.